The van der Waals surface area contributed by atoms with Crippen molar-refractivity contribution in [2.24, 2.45) is 0 Å². The molecule has 35 heavy (non-hydrogen) atoms. The van der Waals surface area contributed by atoms with Gasteiger partial charge in [-0.2, -0.15) is 0 Å². The Morgan fingerprint density at radius 3 is 2.14 bits per heavy atom. The van der Waals surface area contributed by atoms with Crippen molar-refractivity contribution in [3.05, 3.63) is 130 Å². The van der Waals surface area contributed by atoms with E-state index in [1.54, 1.807) is 0 Å². The highest BCUT2D eigenvalue weighted by Crippen LogP contribution is 2.55. The van der Waals surface area contributed by atoms with Gasteiger partial charge in [0, 0.05) is 19.0 Å². The average molecular weight is 447 g/mol. The highest BCUT2D eigenvalue weighted by Gasteiger charge is 2.37. The molecule has 2 heteroatoms. The topological polar surface area (TPSA) is 16.1 Å². The normalized spacial score (nSPS) is 14.9. The maximum atomic E-state index is 4.84. The number of anilines is 3. The maximum absolute atomic E-state index is 4.84. The molecule has 0 saturated heterocycles. The van der Waals surface area contributed by atoms with Crippen LogP contribution >= 0.6 is 0 Å². The van der Waals surface area contributed by atoms with E-state index in [1.165, 1.54) is 84.0 Å². The Hall–Kier alpha value is -4.17. The summed E-state index contributed by atoms with van der Waals surface area (Å²) in [5.74, 6) is 0. The van der Waals surface area contributed by atoms with Crippen LogP contribution in [-0.4, -0.2) is 4.98 Å². The molecule has 2 aliphatic carbocycles. The average Bonchev–Trinajstić information content (AvgIpc) is 3.45. The van der Waals surface area contributed by atoms with Crippen LogP contribution < -0.4 is 4.90 Å². The molecule has 4 aromatic carbocycles. The Morgan fingerprint density at radius 1 is 0.514 bits per heavy atom. The summed E-state index contributed by atoms with van der Waals surface area (Å²) < 4.78 is 0. The van der Waals surface area contributed by atoms with Crippen molar-refractivity contribution in [2.75, 3.05) is 4.90 Å². The second-order valence-corrected chi connectivity index (χ2v) is 10.4. The minimum Gasteiger partial charge on any atom is -0.308 e. The second-order valence-electron chi connectivity index (χ2n) is 10.4. The van der Waals surface area contributed by atoms with Gasteiger partial charge < -0.3 is 4.90 Å². The third-order valence-electron chi connectivity index (χ3n) is 8.56. The van der Waals surface area contributed by atoms with E-state index in [4.69, 9.17) is 4.98 Å². The second kappa shape index (κ2) is 6.28. The Labute approximate surface area is 204 Å². The van der Waals surface area contributed by atoms with Crippen molar-refractivity contribution in [3.63, 3.8) is 0 Å². The molecule has 3 heterocycles. The molecule has 4 aliphatic rings. The van der Waals surface area contributed by atoms with E-state index in [2.05, 4.69) is 83.8 Å². The molecule has 0 amide bonds. The molecule has 0 spiro atoms. The van der Waals surface area contributed by atoms with Crippen LogP contribution in [0.2, 0.25) is 0 Å². The lowest BCUT2D eigenvalue weighted by molar-refractivity contribution is 0.960. The number of hydrogen-bond donors (Lipinski definition) is 0. The van der Waals surface area contributed by atoms with Gasteiger partial charge in [-0.25, -0.2) is 0 Å². The smallest absolute Gasteiger partial charge is 0.0688 e. The van der Waals surface area contributed by atoms with Gasteiger partial charge in [0.2, 0.25) is 0 Å². The van der Waals surface area contributed by atoms with E-state index in [-0.39, 0.29) is 0 Å². The van der Waals surface area contributed by atoms with E-state index in [9.17, 15) is 0 Å². The van der Waals surface area contributed by atoms with Crippen molar-refractivity contribution in [1.82, 2.24) is 4.98 Å². The molecule has 0 fully saturated rings. The standard InChI is InChI=1S/C33H22N2/c1-3-8-24-19(6-1)12-21-18-32-22(14-26(21)24)15-29-28-13-20-7-2-4-9-25(20)27(28)16-23-17-30-31(10-5-11-34-30)35(32)33(23)29/h1-11,14,16,18H,12-13,15,17H2. The quantitative estimate of drug-likeness (QED) is 0.240. The summed E-state index contributed by atoms with van der Waals surface area (Å²) in [6.07, 6.45) is 5.89. The Balaban J connectivity index is 1.34. The summed E-state index contributed by atoms with van der Waals surface area (Å²) in [6, 6.07) is 29.7. The van der Waals surface area contributed by atoms with E-state index in [0.29, 0.717) is 0 Å². The minimum atomic E-state index is 0.899. The van der Waals surface area contributed by atoms with Crippen molar-refractivity contribution in [2.45, 2.75) is 25.7 Å². The summed E-state index contributed by atoms with van der Waals surface area (Å²) in [5, 5.41) is 0. The lowest BCUT2D eigenvalue weighted by Gasteiger charge is -2.40. The number of nitrogens with zero attached hydrogens (tertiary/aromatic N) is 2. The Kier molecular flexibility index (Phi) is 3.27. The zero-order chi connectivity index (χ0) is 22.7. The first-order valence-electron chi connectivity index (χ1n) is 12.6. The lowest BCUT2D eigenvalue weighted by atomic mass is 9.82. The van der Waals surface area contributed by atoms with E-state index in [0.717, 1.165) is 25.7 Å². The first kappa shape index (κ1) is 18.2. The molecule has 0 radical (unpaired) electrons. The molecular weight excluding hydrogens is 424 g/mol. The fourth-order valence-electron chi connectivity index (χ4n) is 7.08. The Morgan fingerprint density at radius 2 is 1.26 bits per heavy atom. The number of pyridine rings is 1. The van der Waals surface area contributed by atoms with Crippen LogP contribution in [0.3, 0.4) is 0 Å². The third-order valence-corrected chi connectivity index (χ3v) is 8.56. The highest BCUT2D eigenvalue weighted by atomic mass is 15.2. The number of hydrogen-bond acceptors (Lipinski definition) is 2. The predicted molar refractivity (Wildman–Crippen MR) is 141 cm³/mol. The molecule has 0 bridgehead atoms. The van der Waals surface area contributed by atoms with Gasteiger partial charge in [0.15, 0.2) is 0 Å². The predicted octanol–water partition coefficient (Wildman–Crippen LogP) is 7.50. The Bertz CT molecular complexity index is 1760. The molecular formula is C33H22N2. The van der Waals surface area contributed by atoms with Gasteiger partial charge in [-0.3, -0.25) is 4.98 Å². The van der Waals surface area contributed by atoms with E-state index < -0.39 is 0 Å². The molecule has 9 rings (SSSR count). The SMILES string of the molecule is c1ccc2c(c1)Cc1cc3c(cc1-2)Cc1c2c(cc4c1N3c1cccnc1C4)-c1ccccc1C2. The summed E-state index contributed by atoms with van der Waals surface area (Å²) in [5.41, 5.74) is 21.1. The number of fused-ring (bicyclic) bond motifs is 11. The number of aromatic nitrogens is 1. The molecule has 2 aliphatic heterocycles. The van der Waals surface area contributed by atoms with Crippen molar-refractivity contribution in [3.8, 4) is 22.3 Å². The van der Waals surface area contributed by atoms with Crippen LogP contribution in [0, 0.1) is 0 Å². The number of benzene rings is 4. The van der Waals surface area contributed by atoms with Crippen LogP contribution in [0.5, 0.6) is 0 Å². The molecule has 0 N–H and O–H groups in total. The van der Waals surface area contributed by atoms with Gasteiger partial charge in [0.25, 0.3) is 0 Å². The zero-order valence-corrected chi connectivity index (χ0v) is 19.3. The van der Waals surface area contributed by atoms with Crippen LogP contribution in [0.25, 0.3) is 22.3 Å². The van der Waals surface area contributed by atoms with E-state index >= 15 is 0 Å². The largest absolute Gasteiger partial charge is 0.308 e. The fourth-order valence-corrected chi connectivity index (χ4v) is 7.08. The van der Waals surface area contributed by atoms with Crippen molar-refractivity contribution >= 4 is 17.1 Å². The highest BCUT2D eigenvalue weighted by molar-refractivity contribution is 5.95. The van der Waals surface area contributed by atoms with Crippen LogP contribution in [0.15, 0.2) is 85.1 Å². The maximum Gasteiger partial charge on any atom is 0.0688 e. The van der Waals surface area contributed by atoms with E-state index in [1.807, 2.05) is 6.20 Å². The van der Waals surface area contributed by atoms with Gasteiger partial charge in [0.05, 0.1) is 22.8 Å². The fraction of sp³-hybridized carbons (Fsp3) is 0.121. The summed E-state index contributed by atoms with van der Waals surface area (Å²) in [7, 11) is 0. The molecule has 2 nitrogen and oxygen atoms in total. The molecule has 0 saturated carbocycles. The van der Waals surface area contributed by atoms with Gasteiger partial charge >= 0.3 is 0 Å². The minimum absolute atomic E-state index is 0.899. The van der Waals surface area contributed by atoms with Crippen molar-refractivity contribution < 1.29 is 0 Å². The summed E-state index contributed by atoms with van der Waals surface area (Å²) >= 11 is 0. The monoisotopic (exact) mass is 446 g/mol. The third kappa shape index (κ3) is 2.27. The molecule has 164 valence electrons. The molecule has 0 atom stereocenters. The van der Waals surface area contributed by atoms with Gasteiger partial charge in [-0.05, 0) is 104 Å². The first-order chi connectivity index (χ1) is 17.3. The van der Waals surface area contributed by atoms with Gasteiger partial charge in [-0.15, -0.1) is 0 Å². The first-order valence-corrected chi connectivity index (χ1v) is 12.6. The van der Waals surface area contributed by atoms with Gasteiger partial charge in [0.1, 0.15) is 0 Å². The number of rotatable bonds is 0. The van der Waals surface area contributed by atoms with Crippen molar-refractivity contribution in [1.29, 1.82) is 0 Å². The lowest BCUT2D eigenvalue weighted by Crippen LogP contribution is -2.26. The van der Waals surface area contributed by atoms with Crippen LogP contribution in [-0.2, 0) is 25.7 Å². The summed E-state index contributed by atoms with van der Waals surface area (Å²) in [6.45, 7) is 0. The van der Waals surface area contributed by atoms with Crippen LogP contribution in [0.1, 0.15) is 44.6 Å². The molecule has 1 aromatic heterocycles. The zero-order valence-electron chi connectivity index (χ0n) is 19.3. The molecule has 0 unspecified atom stereocenters. The van der Waals surface area contributed by atoms with Crippen LogP contribution in [0.4, 0.5) is 17.1 Å². The summed E-state index contributed by atoms with van der Waals surface area (Å²) in [4.78, 5) is 7.39. The molecule has 5 aromatic rings. The van der Waals surface area contributed by atoms with Gasteiger partial charge in [-0.1, -0.05) is 48.5 Å².